The van der Waals surface area contributed by atoms with E-state index in [0.29, 0.717) is 0 Å². The molecule has 0 amide bonds. The van der Waals surface area contributed by atoms with Crippen molar-refractivity contribution in [1.29, 1.82) is 0 Å². The summed E-state index contributed by atoms with van der Waals surface area (Å²) in [6.45, 7) is 6.51. The van der Waals surface area contributed by atoms with Crippen LogP contribution in [0.1, 0.15) is 33.4 Å². The minimum atomic E-state index is 1.02. The second kappa shape index (κ2) is 5.18. The molecule has 1 aliphatic rings. The highest BCUT2D eigenvalue weighted by atomic mass is 14.9. The molecule has 0 bridgehead atoms. The third kappa shape index (κ3) is 2.57. The number of rotatable bonds is 2. The van der Waals surface area contributed by atoms with Gasteiger partial charge >= 0.3 is 0 Å². The van der Waals surface area contributed by atoms with Crippen molar-refractivity contribution in [2.75, 3.05) is 6.54 Å². The van der Waals surface area contributed by atoms with E-state index in [1.54, 1.807) is 5.56 Å². The van der Waals surface area contributed by atoms with E-state index >= 15 is 0 Å². The smallest absolute Gasteiger partial charge is 0.0208 e. The molecule has 1 heteroatoms. The Morgan fingerprint density at radius 3 is 2.79 bits per heavy atom. The standard InChI is InChI=1S/C18H21N/c1-13-6-7-15(10-14(13)2)11-16-4-3-5-17-12-19-9-8-18(16)17/h3-7,10,19H,8-9,11-12H2,1-2H3. The van der Waals surface area contributed by atoms with Crippen molar-refractivity contribution >= 4 is 0 Å². The van der Waals surface area contributed by atoms with Crippen LogP contribution in [0.4, 0.5) is 0 Å². The van der Waals surface area contributed by atoms with Crippen molar-refractivity contribution in [3.8, 4) is 0 Å². The lowest BCUT2D eigenvalue weighted by Gasteiger charge is -2.20. The first-order chi connectivity index (χ1) is 9.24. The maximum atomic E-state index is 3.45. The first-order valence-corrected chi connectivity index (χ1v) is 7.10. The van der Waals surface area contributed by atoms with Crippen LogP contribution < -0.4 is 5.32 Å². The highest BCUT2D eigenvalue weighted by molar-refractivity contribution is 5.41. The summed E-state index contributed by atoms with van der Waals surface area (Å²) in [4.78, 5) is 0. The van der Waals surface area contributed by atoms with Gasteiger partial charge in [-0.3, -0.25) is 0 Å². The van der Waals surface area contributed by atoms with E-state index < -0.39 is 0 Å². The first-order valence-electron chi connectivity index (χ1n) is 7.10. The molecule has 1 nitrogen and oxygen atoms in total. The fourth-order valence-electron chi connectivity index (χ4n) is 2.91. The van der Waals surface area contributed by atoms with Crippen LogP contribution in [-0.2, 0) is 19.4 Å². The Balaban J connectivity index is 1.92. The zero-order chi connectivity index (χ0) is 13.2. The van der Waals surface area contributed by atoms with Gasteiger partial charge in [-0.2, -0.15) is 0 Å². The molecule has 3 rings (SSSR count). The molecular weight excluding hydrogens is 230 g/mol. The number of hydrogen-bond donors (Lipinski definition) is 1. The van der Waals surface area contributed by atoms with Crippen molar-refractivity contribution < 1.29 is 0 Å². The van der Waals surface area contributed by atoms with E-state index in [-0.39, 0.29) is 0 Å². The summed E-state index contributed by atoms with van der Waals surface area (Å²) >= 11 is 0. The van der Waals surface area contributed by atoms with Crippen LogP contribution >= 0.6 is 0 Å². The van der Waals surface area contributed by atoms with Gasteiger partial charge in [-0.25, -0.2) is 0 Å². The monoisotopic (exact) mass is 251 g/mol. The van der Waals surface area contributed by atoms with Gasteiger partial charge in [-0.05, 0) is 66.6 Å². The molecular formula is C18H21N. The van der Waals surface area contributed by atoms with Gasteiger partial charge in [0, 0.05) is 6.54 Å². The molecule has 0 fully saturated rings. The SMILES string of the molecule is Cc1ccc(Cc2cccc3c2CCNC3)cc1C. The molecule has 0 aliphatic carbocycles. The first kappa shape index (κ1) is 12.4. The Kier molecular flexibility index (Phi) is 3.39. The fraction of sp³-hybridized carbons (Fsp3) is 0.333. The summed E-state index contributed by atoms with van der Waals surface area (Å²) in [6.07, 6.45) is 2.22. The fourth-order valence-corrected chi connectivity index (χ4v) is 2.91. The second-order valence-electron chi connectivity index (χ2n) is 5.58. The number of hydrogen-bond acceptors (Lipinski definition) is 1. The average Bonchev–Trinajstić information content (AvgIpc) is 2.43. The van der Waals surface area contributed by atoms with Crippen LogP contribution in [-0.4, -0.2) is 6.54 Å². The summed E-state index contributed by atoms with van der Waals surface area (Å²) in [7, 11) is 0. The molecule has 1 N–H and O–H groups in total. The summed E-state index contributed by atoms with van der Waals surface area (Å²) in [5, 5.41) is 3.45. The predicted molar refractivity (Wildman–Crippen MR) is 80.6 cm³/mol. The number of nitrogens with one attached hydrogen (secondary N) is 1. The van der Waals surface area contributed by atoms with Gasteiger partial charge in [0.2, 0.25) is 0 Å². The molecule has 0 atom stereocenters. The largest absolute Gasteiger partial charge is 0.312 e. The van der Waals surface area contributed by atoms with Crippen LogP contribution in [0.15, 0.2) is 36.4 Å². The van der Waals surface area contributed by atoms with Crippen LogP contribution in [0.25, 0.3) is 0 Å². The van der Waals surface area contributed by atoms with Crippen LogP contribution in [0.2, 0.25) is 0 Å². The molecule has 1 aliphatic heterocycles. The molecule has 2 aromatic carbocycles. The Morgan fingerprint density at radius 1 is 1.05 bits per heavy atom. The van der Waals surface area contributed by atoms with E-state index in [1.807, 2.05) is 0 Å². The third-order valence-corrected chi connectivity index (χ3v) is 4.20. The van der Waals surface area contributed by atoms with E-state index in [0.717, 1.165) is 25.9 Å². The molecule has 2 aromatic rings. The van der Waals surface area contributed by atoms with Crippen molar-refractivity contribution in [2.24, 2.45) is 0 Å². The lowest BCUT2D eigenvalue weighted by Crippen LogP contribution is -2.24. The molecule has 0 spiro atoms. The van der Waals surface area contributed by atoms with Crippen LogP contribution in [0, 0.1) is 13.8 Å². The number of fused-ring (bicyclic) bond motifs is 1. The van der Waals surface area contributed by atoms with Gasteiger partial charge < -0.3 is 5.32 Å². The Labute approximate surface area is 115 Å². The Morgan fingerprint density at radius 2 is 1.95 bits per heavy atom. The van der Waals surface area contributed by atoms with Gasteiger partial charge in [0.1, 0.15) is 0 Å². The Bertz CT molecular complexity index is 599. The summed E-state index contributed by atoms with van der Waals surface area (Å²) in [5.74, 6) is 0. The van der Waals surface area contributed by atoms with Crippen LogP contribution in [0.5, 0.6) is 0 Å². The van der Waals surface area contributed by atoms with E-state index in [2.05, 4.69) is 55.6 Å². The van der Waals surface area contributed by atoms with E-state index in [1.165, 1.54) is 27.8 Å². The van der Waals surface area contributed by atoms with Crippen molar-refractivity contribution in [3.63, 3.8) is 0 Å². The summed E-state index contributed by atoms with van der Waals surface area (Å²) in [5.41, 5.74) is 8.75. The average molecular weight is 251 g/mol. The van der Waals surface area contributed by atoms with Crippen molar-refractivity contribution in [2.45, 2.75) is 33.2 Å². The normalized spacial score (nSPS) is 14.2. The molecule has 19 heavy (non-hydrogen) atoms. The lowest BCUT2D eigenvalue weighted by molar-refractivity contribution is 0.640. The molecule has 0 radical (unpaired) electrons. The third-order valence-electron chi connectivity index (χ3n) is 4.20. The number of benzene rings is 2. The van der Waals surface area contributed by atoms with E-state index in [9.17, 15) is 0 Å². The highest BCUT2D eigenvalue weighted by Gasteiger charge is 2.12. The Hall–Kier alpha value is -1.60. The topological polar surface area (TPSA) is 12.0 Å². The minimum absolute atomic E-state index is 1.02. The van der Waals surface area contributed by atoms with Crippen molar-refractivity contribution in [1.82, 2.24) is 5.32 Å². The zero-order valence-electron chi connectivity index (χ0n) is 11.8. The molecule has 0 saturated carbocycles. The maximum Gasteiger partial charge on any atom is 0.0208 e. The van der Waals surface area contributed by atoms with Gasteiger partial charge in [-0.15, -0.1) is 0 Å². The molecule has 1 heterocycles. The van der Waals surface area contributed by atoms with Crippen LogP contribution in [0.3, 0.4) is 0 Å². The summed E-state index contributed by atoms with van der Waals surface area (Å²) < 4.78 is 0. The van der Waals surface area contributed by atoms with Gasteiger partial charge in [-0.1, -0.05) is 36.4 Å². The van der Waals surface area contributed by atoms with Crippen molar-refractivity contribution in [3.05, 3.63) is 69.8 Å². The molecule has 0 aromatic heterocycles. The predicted octanol–water partition coefficient (Wildman–Crippen LogP) is 3.54. The minimum Gasteiger partial charge on any atom is -0.312 e. The maximum absolute atomic E-state index is 3.45. The van der Waals surface area contributed by atoms with Gasteiger partial charge in [0.25, 0.3) is 0 Å². The zero-order valence-corrected chi connectivity index (χ0v) is 11.8. The van der Waals surface area contributed by atoms with E-state index in [4.69, 9.17) is 0 Å². The van der Waals surface area contributed by atoms with Gasteiger partial charge in [0.15, 0.2) is 0 Å². The molecule has 98 valence electrons. The second-order valence-corrected chi connectivity index (χ2v) is 5.58. The quantitative estimate of drug-likeness (QED) is 0.861. The number of aryl methyl sites for hydroxylation is 2. The summed E-state index contributed by atoms with van der Waals surface area (Å²) in [6, 6.07) is 13.6. The molecule has 0 unspecified atom stereocenters. The highest BCUT2D eigenvalue weighted by Crippen LogP contribution is 2.22. The molecule has 0 saturated heterocycles. The lowest BCUT2D eigenvalue weighted by atomic mass is 9.91. The van der Waals surface area contributed by atoms with Gasteiger partial charge in [0.05, 0.1) is 0 Å².